The summed E-state index contributed by atoms with van der Waals surface area (Å²) in [5.74, 6) is -2.56. The first kappa shape index (κ1) is 31.5. The third-order valence-electron chi connectivity index (χ3n) is 7.65. The number of hydrogen-bond acceptors (Lipinski definition) is 8. The summed E-state index contributed by atoms with van der Waals surface area (Å²) in [5, 5.41) is 0.161. The summed E-state index contributed by atoms with van der Waals surface area (Å²) in [4.78, 5) is 35.1. The van der Waals surface area contributed by atoms with Gasteiger partial charge in [0.2, 0.25) is 5.91 Å². The lowest BCUT2D eigenvalue weighted by molar-refractivity contribution is -0.275. The van der Waals surface area contributed by atoms with Gasteiger partial charge in [0.05, 0.1) is 24.5 Å². The van der Waals surface area contributed by atoms with E-state index >= 15 is 0 Å². The molecule has 2 amide bonds. The topological polar surface area (TPSA) is 109 Å². The SMILES string of the molecule is COc1ccc(S(=O)(=O)N2C(=O)C(c3ccccn3)(N3CCCC[C@H]3C(=O)N(C)C)c3cc(Cl)ccc32)c(OC(F)(F)F)c1. The van der Waals surface area contributed by atoms with Crippen LogP contribution in [0.2, 0.25) is 5.02 Å². The Morgan fingerprint density at radius 3 is 2.50 bits per heavy atom. The summed E-state index contributed by atoms with van der Waals surface area (Å²) in [6.07, 6.45) is -2.23. The number of piperidine rings is 1. The Hall–Kier alpha value is -3.88. The van der Waals surface area contributed by atoms with Crippen LogP contribution in [0.1, 0.15) is 30.5 Å². The average molecular weight is 653 g/mol. The van der Waals surface area contributed by atoms with Crippen molar-refractivity contribution in [2.45, 2.75) is 42.1 Å². The molecule has 1 aromatic heterocycles. The Balaban J connectivity index is 1.81. The Kier molecular flexibility index (Phi) is 8.29. The van der Waals surface area contributed by atoms with Crippen LogP contribution < -0.4 is 13.8 Å². The molecule has 2 aromatic carbocycles. The summed E-state index contributed by atoms with van der Waals surface area (Å²) >= 11 is 6.43. The highest BCUT2D eigenvalue weighted by Gasteiger charge is 2.62. The van der Waals surface area contributed by atoms with Crippen LogP contribution in [0.15, 0.2) is 65.7 Å². The Bertz CT molecular complexity index is 1710. The fourth-order valence-corrected chi connectivity index (χ4v) is 7.59. The van der Waals surface area contributed by atoms with E-state index in [9.17, 15) is 31.2 Å². The van der Waals surface area contributed by atoms with Gasteiger partial charge in [-0.3, -0.25) is 19.5 Å². The zero-order valence-electron chi connectivity index (χ0n) is 23.8. The third kappa shape index (κ3) is 5.24. The molecule has 1 saturated heterocycles. The Labute approximate surface area is 257 Å². The number of benzene rings is 2. The first-order valence-electron chi connectivity index (χ1n) is 13.5. The number of hydrogen-bond donors (Lipinski definition) is 0. The van der Waals surface area contributed by atoms with Gasteiger partial charge in [-0.25, -0.2) is 12.7 Å². The third-order valence-corrected chi connectivity index (χ3v) is 9.62. The monoisotopic (exact) mass is 652 g/mol. The predicted octanol–water partition coefficient (Wildman–Crippen LogP) is 4.56. The Morgan fingerprint density at radius 1 is 1.11 bits per heavy atom. The van der Waals surface area contributed by atoms with Crippen molar-refractivity contribution in [3.63, 3.8) is 0 Å². The smallest absolute Gasteiger partial charge is 0.497 e. The van der Waals surface area contributed by atoms with Gasteiger partial charge in [0.15, 0.2) is 11.3 Å². The number of halogens is 4. The number of carbonyl (C=O) groups excluding carboxylic acids is 2. The van der Waals surface area contributed by atoms with Crippen molar-refractivity contribution < 1.29 is 40.7 Å². The molecule has 1 unspecified atom stereocenters. The minimum atomic E-state index is -5.26. The number of carbonyl (C=O) groups is 2. The maximum absolute atomic E-state index is 15.0. The summed E-state index contributed by atoms with van der Waals surface area (Å²) in [7, 11) is -0.761. The van der Waals surface area contributed by atoms with Gasteiger partial charge >= 0.3 is 6.36 Å². The van der Waals surface area contributed by atoms with Crippen molar-refractivity contribution >= 4 is 39.1 Å². The molecule has 3 heterocycles. The van der Waals surface area contributed by atoms with Crippen LogP contribution in [0.4, 0.5) is 18.9 Å². The molecular weight excluding hydrogens is 625 g/mol. The molecule has 2 aliphatic rings. The maximum Gasteiger partial charge on any atom is 0.573 e. The summed E-state index contributed by atoms with van der Waals surface area (Å²) < 4.78 is 78.7. The van der Waals surface area contributed by atoms with Crippen LogP contribution in [0.25, 0.3) is 0 Å². The standard InChI is InChI=1S/C29H28ClF3N4O6S/c1-35(2)26(38)22-8-5-7-15-36(22)28(25-9-4-6-14-34-25)20-16-18(30)10-12-21(20)37(27(28)39)44(40,41)24-13-11-19(42-3)17-23(24)43-29(31,32)33/h4,6,9-14,16-17,22H,5,7-8,15H2,1-3H3/t22-,28?/m0/s1. The number of likely N-dealkylation sites (tertiary alicyclic amines) is 1. The predicted molar refractivity (Wildman–Crippen MR) is 154 cm³/mol. The van der Waals surface area contributed by atoms with Gasteiger partial charge in [0, 0.05) is 43.5 Å². The molecule has 10 nitrogen and oxygen atoms in total. The molecule has 0 N–H and O–H groups in total. The summed E-state index contributed by atoms with van der Waals surface area (Å²) in [5.41, 5.74) is -1.91. The number of amides is 2. The number of pyridine rings is 1. The quantitative estimate of drug-likeness (QED) is 0.366. The summed E-state index contributed by atoms with van der Waals surface area (Å²) in [6.45, 7) is 0.206. The van der Waals surface area contributed by atoms with Crippen LogP contribution in [0, 0.1) is 0 Å². The van der Waals surface area contributed by atoms with Crippen LogP contribution >= 0.6 is 11.6 Å². The van der Waals surface area contributed by atoms with E-state index in [1.807, 2.05) is 0 Å². The molecule has 44 heavy (non-hydrogen) atoms. The average Bonchev–Trinajstić information content (AvgIpc) is 3.24. The van der Waals surface area contributed by atoms with Crippen LogP contribution in [0.5, 0.6) is 11.5 Å². The number of likely N-dealkylation sites (N-methyl/N-ethyl adjacent to an activating group) is 1. The van der Waals surface area contributed by atoms with Gasteiger partial charge in [-0.15, -0.1) is 13.2 Å². The highest BCUT2D eigenvalue weighted by atomic mass is 35.5. The number of rotatable bonds is 7. The van der Waals surface area contributed by atoms with E-state index in [1.165, 1.54) is 42.5 Å². The van der Waals surface area contributed by atoms with Crippen LogP contribution in [0.3, 0.4) is 0 Å². The van der Waals surface area contributed by atoms with E-state index in [0.717, 1.165) is 18.2 Å². The van der Waals surface area contributed by atoms with Gasteiger partial charge in [0.1, 0.15) is 10.6 Å². The van der Waals surface area contributed by atoms with Crippen molar-refractivity contribution in [1.82, 2.24) is 14.8 Å². The van der Waals surface area contributed by atoms with Crippen molar-refractivity contribution in [2.75, 3.05) is 32.1 Å². The molecule has 0 saturated carbocycles. The number of fused-ring (bicyclic) bond motifs is 1. The van der Waals surface area contributed by atoms with Gasteiger partial charge in [-0.1, -0.05) is 24.1 Å². The lowest BCUT2D eigenvalue weighted by atomic mass is 9.81. The minimum Gasteiger partial charge on any atom is -0.497 e. The zero-order valence-corrected chi connectivity index (χ0v) is 25.4. The molecule has 0 aliphatic carbocycles. The summed E-state index contributed by atoms with van der Waals surface area (Å²) in [6, 6.07) is 10.8. The zero-order chi connectivity index (χ0) is 32.0. The fourth-order valence-electron chi connectivity index (χ4n) is 5.85. The molecule has 3 aromatic rings. The molecule has 15 heteroatoms. The van der Waals surface area contributed by atoms with Gasteiger partial charge in [-0.05, 0) is 55.3 Å². The minimum absolute atomic E-state index is 0.107. The second-order valence-corrected chi connectivity index (χ2v) is 12.7. The van der Waals surface area contributed by atoms with Gasteiger partial charge in [-0.2, -0.15) is 0 Å². The van der Waals surface area contributed by atoms with E-state index in [1.54, 1.807) is 31.1 Å². The van der Waals surface area contributed by atoms with E-state index in [0.29, 0.717) is 23.6 Å². The van der Waals surface area contributed by atoms with Gasteiger partial charge < -0.3 is 14.4 Å². The van der Waals surface area contributed by atoms with Gasteiger partial charge in [0.25, 0.3) is 15.9 Å². The number of alkyl halides is 3. The first-order valence-corrected chi connectivity index (χ1v) is 15.3. The van der Waals surface area contributed by atoms with Crippen LogP contribution in [-0.2, 0) is 25.2 Å². The molecule has 2 atom stereocenters. The van der Waals surface area contributed by atoms with E-state index in [2.05, 4.69) is 9.72 Å². The number of aromatic nitrogens is 1. The van der Waals surface area contributed by atoms with E-state index in [-0.39, 0.29) is 40.2 Å². The normalized spacial score (nSPS) is 20.8. The number of ether oxygens (including phenoxy) is 2. The maximum atomic E-state index is 15.0. The molecule has 1 fully saturated rings. The van der Waals surface area contributed by atoms with Crippen molar-refractivity contribution in [3.8, 4) is 11.5 Å². The molecular formula is C29H28ClF3N4O6S. The number of methoxy groups -OCH3 is 1. The Morgan fingerprint density at radius 2 is 1.86 bits per heavy atom. The molecule has 2 aliphatic heterocycles. The van der Waals surface area contributed by atoms with Crippen molar-refractivity contribution in [3.05, 3.63) is 77.1 Å². The largest absolute Gasteiger partial charge is 0.573 e. The first-order chi connectivity index (χ1) is 20.7. The number of anilines is 1. The lowest BCUT2D eigenvalue weighted by Gasteiger charge is -2.46. The molecule has 0 bridgehead atoms. The highest BCUT2D eigenvalue weighted by Crippen LogP contribution is 2.53. The van der Waals surface area contributed by atoms with Crippen molar-refractivity contribution in [2.24, 2.45) is 0 Å². The highest BCUT2D eigenvalue weighted by molar-refractivity contribution is 7.93. The van der Waals surface area contributed by atoms with Crippen molar-refractivity contribution in [1.29, 1.82) is 0 Å². The van der Waals surface area contributed by atoms with E-state index in [4.69, 9.17) is 16.3 Å². The van der Waals surface area contributed by atoms with Crippen LogP contribution in [-0.4, -0.2) is 75.2 Å². The van der Waals surface area contributed by atoms with E-state index < -0.39 is 44.5 Å². The number of sulfonamides is 1. The second kappa shape index (κ2) is 11.6. The lowest BCUT2D eigenvalue weighted by Crippen LogP contribution is -2.62. The molecule has 234 valence electrons. The number of nitrogens with zero attached hydrogens (tertiary/aromatic N) is 4. The second-order valence-electron chi connectivity index (χ2n) is 10.5. The molecule has 0 spiro atoms. The molecule has 5 rings (SSSR count). The molecule has 0 radical (unpaired) electrons. The fraction of sp³-hybridized carbons (Fsp3) is 0.345.